The monoisotopic (exact) mass is 438 g/mol. The molecule has 2 heterocycles. The Morgan fingerprint density at radius 3 is 2.19 bits per heavy atom. The van der Waals surface area contributed by atoms with E-state index in [9.17, 15) is 18.0 Å². The van der Waals surface area contributed by atoms with Crippen LogP contribution in [0.2, 0.25) is 0 Å². The highest BCUT2D eigenvalue weighted by molar-refractivity contribution is 5.89. The summed E-state index contributed by atoms with van der Waals surface area (Å²) in [7, 11) is 0. The van der Waals surface area contributed by atoms with E-state index in [1.54, 1.807) is 4.90 Å². The number of rotatable bonds is 6. The van der Waals surface area contributed by atoms with Crippen LogP contribution >= 0.6 is 0 Å². The average molecular weight is 438 g/mol. The van der Waals surface area contributed by atoms with E-state index in [1.807, 2.05) is 12.1 Å². The smallest absolute Gasteiger partial charge is 0.406 e. The molecule has 1 aliphatic rings. The normalized spacial score (nSPS) is 14.4. The summed E-state index contributed by atoms with van der Waals surface area (Å²) in [6, 6.07) is 8.60. The highest BCUT2D eigenvalue weighted by Gasteiger charge is 2.31. The van der Waals surface area contributed by atoms with Gasteiger partial charge in [0.15, 0.2) is 11.6 Å². The third-order valence-corrected chi connectivity index (χ3v) is 4.95. The zero-order chi connectivity index (χ0) is 22.4. The molecule has 0 unspecified atom stereocenters. The van der Waals surface area contributed by atoms with Crippen molar-refractivity contribution in [3.8, 4) is 5.75 Å². The van der Waals surface area contributed by atoms with Crippen molar-refractivity contribution >= 4 is 23.4 Å². The molecule has 1 saturated heterocycles. The number of hydrogen-bond donors (Lipinski definition) is 1. The van der Waals surface area contributed by atoms with Crippen molar-refractivity contribution in [2.75, 3.05) is 54.4 Å². The lowest BCUT2D eigenvalue weighted by atomic mass is 10.3. The van der Waals surface area contributed by atoms with E-state index in [0.29, 0.717) is 31.9 Å². The molecule has 168 valence electrons. The molecule has 0 radical (unpaired) electrons. The maximum absolute atomic E-state index is 12.5. The number of aromatic nitrogens is 2. The predicted octanol–water partition coefficient (Wildman–Crippen LogP) is 3.58. The molecule has 1 aliphatic heterocycles. The molecule has 3 rings (SSSR count). The van der Waals surface area contributed by atoms with Gasteiger partial charge >= 0.3 is 12.4 Å². The number of halogens is 3. The topological polar surface area (TPSA) is 73.8 Å². The summed E-state index contributed by atoms with van der Waals surface area (Å²) in [5, 5.41) is 11.3. The van der Waals surface area contributed by atoms with Crippen LogP contribution in [0, 0.1) is 0 Å². The molecule has 0 bridgehead atoms. The zero-order valence-electron chi connectivity index (χ0n) is 17.4. The number of amides is 2. The molecule has 31 heavy (non-hydrogen) atoms. The summed E-state index contributed by atoms with van der Waals surface area (Å²) >= 11 is 0. The molecule has 1 aromatic carbocycles. The molecule has 0 aliphatic carbocycles. The molecule has 2 aromatic rings. The minimum absolute atomic E-state index is 0.313. The summed E-state index contributed by atoms with van der Waals surface area (Å²) in [5.74, 6) is 1.25. The van der Waals surface area contributed by atoms with E-state index >= 15 is 0 Å². The second-order valence-electron chi connectivity index (χ2n) is 6.90. The van der Waals surface area contributed by atoms with Gasteiger partial charge in [0.25, 0.3) is 0 Å². The van der Waals surface area contributed by atoms with Crippen molar-refractivity contribution in [3.05, 3.63) is 36.4 Å². The number of nitrogens with one attached hydrogen (secondary N) is 1. The SMILES string of the molecule is CCN(CC)c1ccc(N2CCN(C(=O)Nc3ccc(OC(F)(F)F)cc3)CC2)nn1. The minimum Gasteiger partial charge on any atom is -0.406 e. The number of carbonyl (C=O) groups is 1. The van der Waals surface area contributed by atoms with Crippen LogP contribution in [0.5, 0.6) is 5.75 Å². The van der Waals surface area contributed by atoms with Gasteiger partial charge in [-0.15, -0.1) is 23.4 Å². The van der Waals surface area contributed by atoms with E-state index in [0.717, 1.165) is 36.9 Å². The van der Waals surface area contributed by atoms with E-state index in [2.05, 4.69) is 43.9 Å². The number of nitrogens with zero attached hydrogens (tertiary/aromatic N) is 5. The van der Waals surface area contributed by atoms with Crippen LogP contribution in [0.1, 0.15) is 13.8 Å². The van der Waals surface area contributed by atoms with Crippen LogP contribution in [-0.2, 0) is 0 Å². The summed E-state index contributed by atoms with van der Waals surface area (Å²) in [6.07, 6.45) is -4.75. The Balaban J connectivity index is 1.50. The van der Waals surface area contributed by atoms with Gasteiger partial charge in [0.05, 0.1) is 0 Å². The van der Waals surface area contributed by atoms with Crippen molar-refractivity contribution in [1.82, 2.24) is 15.1 Å². The first kappa shape index (κ1) is 22.4. The van der Waals surface area contributed by atoms with Crippen LogP contribution in [0.3, 0.4) is 0 Å². The fourth-order valence-electron chi connectivity index (χ4n) is 3.28. The highest BCUT2D eigenvalue weighted by Crippen LogP contribution is 2.24. The van der Waals surface area contributed by atoms with Gasteiger partial charge in [-0.2, -0.15) is 0 Å². The molecule has 0 spiro atoms. The number of ether oxygens (including phenoxy) is 1. The number of carbonyl (C=O) groups excluding carboxylic acids is 1. The first-order chi connectivity index (χ1) is 14.8. The fourth-order valence-corrected chi connectivity index (χ4v) is 3.28. The predicted molar refractivity (Wildman–Crippen MR) is 112 cm³/mol. The van der Waals surface area contributed by atoms with Crippen LogP contribution < -0.4 is 19.9 Å². The molecule has 8 nitrogen and oxygen atoms in total. The zero-order valence-corrected chi connectivity index (χ0v) is 17.4. The second-order valence-corrected chi connectivity index (χ2v) is 6.90. The summed E-state index contributed by atoms with van der Waals surface area (Å²) in [5.41, 5.74) is 0.389. The molecule has 0 saturated carbocycles. The number of benzene rings is 1. The molecule has 0 atom stereocenters. The Morgan fingerprint density at radius 1 is 1.03 bits per heavy atom. The van der Waals surface area contributed by atoms with Gasteiger partial charge < -0.3 is 24.8 Å². The van der Waals surface area contributed by atoms with Crippen molar-refractivity contribution in [3.63, 3.8) is 0 Å². The van der Waals surface area contributed by atoms with Gasteiger partial charge in [0.1, 0.15) is 5.75 Å². The van der Waals surface area contributed by atoms with E-state index in [1.165, 1.54) is 12.1 Å². The third-order valence-electron chi connectivity index (χ3n) is 4.95. The molecule has 11 heteroatoms. The first-order valence-electron chi connectivity index (χ1n) is 10.0. The van der Waals surface area contributed by atoms with Gasteiger partial charge in [-0.3, -0.25) is 0 Å². The van der Waals surface area contributed by atoms with Crippen LogP contribution in [-0.4, -0.2) is 66.8 Å². The highest BCUT2D eigenvalue weighted by atomic mass is 19.4. The van der Waals surface area contributed by atoms with Crippen molar-refractivity contribution in [2.45, 2.75) is 20.2 Å². The lowest BCUT2D eigenvalue weighted by Gasteiger charge is -2.35. The number of anilines is 3. The Labute approximate surface area is 178 Å². The third kappa shape index (κ3) is 6.12. The van der Waals surface area contributed by atoms with Crippen molar-refractivity contribution < 1.29 is 22.7 Å². The lowest BCUT2D eigenvalue weighted by Crippen LogP contribution is -2.50. The molecular formula is C20H25F3N6O2. The van der Waals surface area contributed by atoms with E-state index in [4.69, 9.17) is 0 Å². The summed E-state index contributed by atoms with van der Waals surface area (Å²) < 4.78 is 40.5. The van der Waals surface area contributed by atoms with Crippen molar-refractivity contribution in [2.24, 2.45) is 0 Å². The molecule has 2 amide bonds. The van der Waals surface area contributed by atoms with Crippen LogP contribution in [0.15, 0.2) is 36.4 Å². The quantitative estimate of drug-likeness (QED) is 0.743. The Hall–Kier alpha value is -3.24. The second kappa shape index (κ2) is 9.71. The van der Waals surface area contributed by atoms with Crippen LogP contribution in [0.4, 0.5) is 35.3 Å². The fraction of sp³-hybridized carbons (Fsp3) is 0.450. The van der Waals surface area contributed by atoms with Gasteiger partial charge in [-0.05, 0) is 50.2 Å². The lowest BCUT2D eigenvalue weighted by molar-refractivity contribution is -0.274. The Kier molecular flexibility index (Phi) is 7.03. The Bertz CT molecular complexity index is 849. The van der Waals surface area contributed by atoms with E-state index < -0.39 is 6.36 Å². The molecular weight excluding hydrogens is 413 g/mol. The standard InChI is InChI=1S/C20H25F3N6O2/c1-3-27(4-2)17-9-10-18(26-25-17)28-11-13-29(14-12-28)19(30)24-15-5-7-16(8-6-15)31-20(21,22)23/h5-10H,3-4,11-14H2,1-2H3,(H,24,30). The maximum atomic E-state index is 12.5. The van der Waals surface area contributed by atoms with Crippen LogP contribution in [0.25, 0.3) is 0 Å². The molecule has 1 N–H and O–H groups in total. The summed E-state index contributed by atoms with van der Waals surface area (Å²) in [4.78, 5) is 18.3. The number of piperazine rings is 1. The Morgan fingerprint density at radius 2 is 1.68 bits per heavy atom. The average Bonchev–Trinajstić information content (AvgIpc) is 2.75. The number of alkyl halides is 3. The van der Waals surface area contributed by atoms with Crippen molar-refractivity contribution in [1.29, 1.82) is 0 Å². The van der Waals surface area contributed by atoms with E-state index in [-0.39, 0.29) is 11.8 Å². The van der Waals surface area contributed by atoms with Gasteiger partial charge in [0, 0.05) is 45.0 Å². The largest absolute Gasteiger partial charge is 0.573 e. The minimum atomic E-state index is -4.75. The number of urea groups is 1. The summed E-state index contributed by atoms with van der Waals surface area (Å²) in [6.45, 7) is 8.02. The molecule has 1 aromatic heterocycles. The molecule has 1 fully saturated rings. The number of hydrogen-bond acceptors (Lipinski definition) is 6. The van der Waals surface area contributed by atoms with Gasteiger partial charge in [-0.25, -0.2) is 4.79 Å². The first-order valence-corrected chi connectivity index (χ1v) is 10.0. The van der Waals surface area contributed by atoms with Gasteiger partial charge in [0.2, 0.25) is 0 Å². The van der Waals surface area contributed by atoms with Gasteiger partial charge in [-0.1, -0.05) is 0 Å². The maximum Gasteiger partial charge on any atom is 0.573 e.